The molecule has 0 aliphatic heterocycles. The van der Waals surface area contributed by atoms with Crippen molar-refractivity contribution in [3.05, 3.63) is 48.2 Å². The van der Waals surface area contributed by atoms with Crippen molar-refractivity contribution in [2.24, 2.45) is 0 Å². The maximum Gasteiger partial charge on any atom is 0.146 e. The van der Waals surface area contributed by atoms with Crippen LogP contribution in [-0.2, 0) is 13.2 Å². The maximum absolute atomic E-state index is 5.57. The number of furan rings is 1. The maximum atomic E-state index is 5.57. The van der Waals surface area contributed by atoms with E-state index in [1.54, 1.807) is 18.7 Å². The molecule has 1 N–H and O–H groups in total. The first-order valence-electron chi connectivity index (χ1n) is 6.37. The van der Waals surface area contributed by atoms with Crippen LogP contribution >= 0.6 is 0 Å². The van der Waals surface area contributed by atoms with E-state index in [9.17, 15) is 0 Å². The van der Waals surface area contributed by atoms with Gasteiger partial charge >= 0.3 is 0 Å². The highest BCUT2D eigenvalue weighted by molar-refractivity contribution is 5.17. The van der Waals surface area contributed by atoms with E-state index >= 15 is 0 Å². The lowest BCUT2D eigenvalue weighted by Gasteiger charge is -2.19. The summed E-state index contributed by atoms with van der Waals surface area (Å²) in [5.74, 6) is 1.56. The number of ether oxygens (including phenoxy) is 1. The average molecular weight is 260 g/mol. The molecule has 0 atom stereocenters. The van der Waals surface area contributed by atoms with E-state index in [2.05, 4.69) is 31.1 Å². The Labute approximate surface area is 113 Å². The first kappa shape index (κ1) is 13.6. The summed E-state index contributed by atoms with van der Waals surface area (Å²) < 4.78 is 11.0. The molecule has 0 aliphatic rings. The summed E-state index contributed by atoms with van der Waals surface area (Å²) in [5.41, 5.74) is 1.23. The van der Waals surface area contributed by atoms with Crippen LogP contribution in [0.2, 0.25) is 0 Å². The highest BCUT2D eigenvalue weighted by Gasteiger charge is 2.10. The summed E-state index contributed by atoms with van der Waals surface area (Å²) in [6, 6.07) is 5.73. The van der Waals surface area contributed by atoms with Crippen molar-refractivity contribution in [1.29, 1.82) is 0 Å². The fourth-order valence-corrected chi connectivity index (χ4v) is 1.55. The van der Waals surface area contributed by atoms with Gasteiger partial charge in [-0.1, -0.05) is 0 Å². The van der Waals surface area contributed by atoms with Crippen molar-refractivity contribution in [3.63, 3.8) is 0 Å². The molecule has 0 bridgehead atoms. The molecule has 0 aromatic carbocycles. The molecule has 0 fully saturated rings. The zero-order valence-electron chi connectivity index (χ0n) is 11.6. The fraction of sp³-hybridized carbons (Fsp3) is 0.400. The van der Waals surface area contributed by atoms with Crippen molar-refractivity contribution in [2.45, 2.75) is 39.5 Å². The third-order valence-corrected chi connectivity index (χ3v) is 2.55. The van der Waals surface area contributed by atoms with Crippen LogP contribution in [0.25, 0.3) is 0 Å². The van der Waals surface area contributed by atoms with E-state index in [4.69, 9.17) is 9.15 Å². The Morgan fingerprint density at radius 3 is 2.89 bits per heavy atom. The molecule has 4 heteroatoms. The molecular formula is C15H20N2O2. The van der Waals surface area contributed by atoms with Gasteiger partial charge in [0.2, 0.25) is 0 Å². The van der Waals surface area contributed by atoms with Crippen LogP contribution in [0.15, 0.2) is 41.3 Å². The van der Waals surface area contributed by atoms with Crippen molar-refractivity contribution in [3.8, 4) is 5.75 Å². The monoisotopic (exact) mass is 260 g/mol. The number of hydrogen-bond acceptors (Lipinski definition) is 4. The molecule has 0 saturated heterocycles. The number of nitrogens with one attached hydrogen (secondary N) is 1. The van der Waals surface area contributed by atoms with Crippen LogP contribution in [0.3, 0.4) is 0 Å². The second-order valence-electron chi connectivity index (χ2n) is 5.50. The minimum absolute atomic E-state index is 0.101. The normalized spacial score (nSPS) is 11.5. The molecule has 0 radical (unpaired) electrons. The van der Waals surface area contributed by atoms with Gasteiger partial charge in [0.15, 0.2) is 0 Å². The zero-order chi connectivity index (χ0) is 13.7. The fourth-order valence-electron chi connectivity index (χ4n) is 1.55. The lowest BCUT2D eigenvalue weighted by atomic mass is 10.1. The largest absolute Gasteiger partial charge is 0.484 e. The molecule has 2 heterocycles. The van der Waals surface area contributed by atoms with Crippen molar-refractivity contribution in [2.75, 3.05) is 0 Å². The average Bonchev–Trinajstić information content (AvgIpc) is 2.82. The molecule has 102 valence electrons. The highest BCUT2D eigenvalue weighted by Crippen LogP contribution is 2.13. The first-order chi connectivity index (χ1) is 9.03. The van der Waals surface area contributed by atoms with Gasteiger partial charge in [-0.3, -0.25) is 4.98 Å². The second-order valence-corrected chi connectivity index (χ2v) is 5.50. The quantitative estimate of drug-likeness (QED) is 0.897. The lowest BCUT2D eigenvalue weighted by Crippen LogP contribution is -2.34. The van der Waals surface area contributed by atoms with Crippen molar-refractivity contribution >= 4 is 0 Å². The third-order valence-electron chi connectivity index (χ3n) is 2.55. The van der Waals surface area contributed by atoms with Crippen LogP contribution in [0.4, 0.5) is 0 Å². The molecule has 2 aromatic rings. The van der Waals surface area contributed by atoms with Crippen LogP contribution in [-0.4, -0.2) is 10.5 Å². The van der Waals surface area contributed by atoms with Crippen LogP contribution in [0, 0.1) is 0 Å². The van der Waals surface area contributed by atoms with Gasteiger partial charge in [-0.05, 0) is 39.0 Å². The van der Waals surface area contributed by atoms with Gasteiger partial charge in [-0.15, -0.1) is 0 Å². The smallest absolute Gasteiger partial charge is 0.146 e. The molecular weight excluding hydrogens is 240 g/mol. The summed E-state index contributed by atoms with van der Waals surface area (Å²) in [4.78, 5) is 3.99. The second kappa shape index (κ2) is 5.89. The summed E-state index contributed by atoms with van der Waals surface area (Å²) in [6.07, 6.45) is 5.17. The summed E-state index contributed by atoms with van der Waals surface area (Å²) >= 11 is 0. The zero-order valence-corrected chi connectivity index (χ0v) is 11.6. The van der Waals surface area contributed by atoms with E-state index < -0.39 is 0 Å². The van der Waals surface area contributed by atoms with Gasteiger partial charge in [-0.25, -0.2) is 0 Å². The molecule has 0 unspecified atom stereocenters. The van der Waals surface area contributed by atoms with Gasteiger partial charge in [0.1, 0.15) is 18.1 Å². The summed E-state index contributed by atoms with van der Waals surface area (Å²) in [5, 5.41) is 3.41. The Balaban J connectivity index is 1.84. The Morgan fingerprint density at radius 2 is 2.21 bits per heavy atom. The summed E-state index contributed by atoms with van der Waals surface area (Å²) in [6.45, 7) is 7.62. The standard InChI is InChI=1S/C15H20N2O2/c1-15(2,3)17-8-12-7-14(18-10-12)11-19-13-5-4-6-16-9-13/h4-7,9-10,17H,8,11H2,1-3H3. The first-order valence-corrected chi connectivity index (χ1v) is 6.37. The van der Waals surface area contributed by atoms with E-state index in [1.807, 2.05) is 18.2 Å². The lowest BCUT2D eigenvalue weighted by molar-refractivity contribution is 0.269. The number of hydrogen-bond donors (Lipinski definition) is 1. The molecule has 4 nitrogen and oxygen atoms in total. The van der Waals surface area contributed by atoms with Gasteiger partial charge in [0, 0.05) is 23.8 Å². The molecule has 0 spiro atoms. The van der Waals surface area contributed by atoms with E-state index in [1.165, 1.54) is 0 Å². The predicted molar refractivity (Wildman–Crippen MR) is 73.9 cm³/mol. The third kappa shape index (κ3) is 4.75. The van der Waals surface area contributed by atoms with Gasteiger partial charge in [0.05, 0.1) is 12.5 Å². The molecule has 2 aromatic heterocycles. The van der Waals surface area contributed by atoms with Crippen LogP contribution < -0.4 is 10.1 Å². The predicted octanol–water partition coefficient (Wildman–Crippen LogP) is 3.14. The highest BCUT2D eigenvalue weighted by atomic mass is 16.5. The van der Waals surface area contributed by atoms with Gasteiger partial charge in [-0.2, -0.15) is 0 Å². The van der Waals surface area contributed by atoms with Crippen LogP contribution in [0.1, 0.15) is 32.1 Å². The number of pyridine rings is 1. The Morgan fingerprint density at radius 1 is 1.37 bits per heavy atom. The van der Waals surface area contributed by atoms with Crippen molar-refractivity contribution in [1.82, 2.24) is 10.3 Å². The minimum atomic E-state index is 0.101. The molecule has 0 amide bonds. The number of aromatic nitrogens is 1. The Hall–Kier alpha value is -1.81. The number of rotatable bonds is 5. The van der Waals surface area contributed by atoms with Gasteiger partial charge in [0.25, 0.3) is 0 Å². The van der Waals surface area contributed by atoms with E-state index in [-0.39, 0.29) is 5.54 Å². The Bertz CT molecular complexity index is 500. The van der Waals surface area contributed by atoms with Gasteiger partial charge < -0.3 is 14.5 Å². The molecule has 19 heavy (non-hydrogen) atoms. The Kier molecular flexibility index (Phi) is 4.22. The molecule has 0 aliphatic carbocycles. The SMILES string of the molecule is CC(C)(C)NCc1coc(COc2cccnc2)c1. The van der Waals surface area contributed by atoms with E-state index in [0.717, 1.165) is 23.6 Å². The molecule has 2 rings (SSSR count). The summed E-state index contributed by atoms with van der Waals surface area (Å²) in [7, 11) is 0. The topological polar surface area (TPSA) is 47.3 Å². The van der Waals surface area contributed by atoms with E-state index in [0.29, 0.717) is 6.61 Å². The van der Waals surface area contributed by atoms with Crippen molar-refractivity contribution < 1.29 is 9.15 Å². The minimum Gasteiger partial charge on any atom is -0.484 e. The number of nitrogens with zero attached hydrogens (tertiary/aromatic N) is 1. The molecule has 0 saturated carbocycles. The van der Waals surface area contributed by atoms with Crippen LogP contribution in [0.5, 0.6) is 5.75 Å².